The molecule has 1 atom stereocenters. The maximum atomic E-state index is 6.36. The molecular weight excluding hydrogens is 345 g/mol. The lowest BCUT2D eigenvalue weighted by atomic mass is 9.97. The molecule has 0 aliphatic heterocycles. The van der Waals surface area contributed by atoms with E-state index >= 15 is 0 Å². The first-order chi connectivity index (χ1) is 9.22. The summed E-state index contributed by atoms with van der Waals surface area (Å²) in [6.07, 6.45) is 4.67. The first-order valence-electron chi connectivity index (χ1n) is 6.84. The summed E-state index contributed by atoms with van der Waals surface area (Å²) in [7, 11) is 0. The highest BCUT2D eigenvalue weighted by Gasteiger charge is 2.14. The molecule has 0 radical (unpaired) electrons. The van der Waals surface area contributed by atoms with Gasteiger partial charge < -0.3 is 5.73 Å². The Labute approximate surface area is 128 Å². The molecule has 0 aromatic heterocycles. The largest absolute Gasteiger partial charge is 0.324 e. The van der Waals surface area contributed by atoms with Crippen LogP contribution in [0, 0.1) is 3.57 Å². The van der Waals surface area contributed by atoms with Gasteiger partial charge in [0.25, 0.3) is 0 Å². The second kappa shape index (κ2) is 5.63. The van der Waals surface area contributed by atoms with Crippen LogP contribution in [-0.2, 0) is 19.3 Å². The summed E-state index contributed by atoms with van der Waals surface area (Å²) in [5, 5.41) is 0. The third-order valence-corrected chi connectivity index (χ3v) is 4.64. The Morgan fingerprint density at radius 3 is 2.53 bits per heavy atom. The van der Waals surface area contributed by atoms with E-state index in [1.54, 1.807) is 0 Å². The Bertz CT molecular complexity index is 574. The molecule has 0 heterocycles. The Morgan fingerprint density at radius 1 is 1.00 bits per heavy atom. The lowest BCUT2D eigenvalue weighted by Crippen LogP contribution is -2.13. The molecule has 0 spiro atoms. The molecule has 2 aromatic carbocycles. The van der Waals surface area contributed by atoms with Crippen LogP contribution in [0.4, 0.5) is 0 Å². The average Bonchev–Trinajstić information content (AvgIpc) is 2.88. The van der Waals surface area contributed by atoms with Gasteiger partial charge in [-0.15, -0.1) is 0 Å². The number of benzene rings is 2. The van der Waals surface area contributed by atoms with Crippen molar-refractivity contribution >= 4 is 22.6 Å². The molecular formula is C17H18IN. The number of rotatable bonds is 3. The van der Waals surface area contributed by atoms with Gasteiger partial charge in [0.05, 0.1) is 0 Å². The van der Waals surface area contributed by atoms with E-state index < -0.39 is 0 Å². The first kappa shape index (κ1) is 13.1. The van der Waals surface area contributed by atoms with Gasteiger partial charge in [-0.2, -0.15) is 0 Å². The molecule has 1 aliphatic rings. The Balaban J connectivity index is 1.76. The van der Waals surface area contributed by atoms with Crippen molar-refractivity contribution in [2.75, 3.05) is 0 Å². The maximum Gasteiger partial charge on any atom is 0.0335 e. The first-order valence-corrected chi connectivity index (χ1v) is 7.92. The lowest BCUT2D eigenvalue weighted by molar-refractivity contribution is 0.720. The van der Waals surface area contributed by atoms with Crippen molar-refractivity contribution in [3.63, 3.8) is 0 Å². The maximum absolute atomic E-state index is 6.36. The monoisotopic (exact) mass is 363 g/mol. The average molecular weight is 363 g/mol. The molecule has 0 saturated heterocycles. The fourth-order valence-electron chi connectivity index (χ4n) is 2.81. The van der Waals surface area contributed by atoms with Gasteiger partial charge in [-0.1, -0.05) is 30.3 Å². The minimum absolute atomic E-state index is 0.103. The number of halogens is 1. The Kier molecular flexibility index (Phi) is 3.89. The third-order valence-electron chi connectivity index (χ3n) is 3.92. The van der Waals surface area contributed by atoms with Crippen molar-refractivity contribution in [1.29, 1.82) is 0 Å². The predicted octanol–water partition coefficient (Wildman–Crippen LogP) is 4.02. The van der Waals surface area contributed by atoms with Crippen LogP contribution < -0.4 is 5.73 Å². The molecule has 1 aliphatic carbocycles. The van der Waals surface area contributed by atoms with Crippen molar-refractivity contribution in [2.24, 2.45) is 5.73 Å². The summed E-state index contributed by atoms with van der Waals surface area (Å²) in [6, 6.07) is 15.5. The Morgan fingerprint density at radius 2 is 1.74 bits per heavy atom. The van der Waals surface area contributed by atoms with Gasteiger partial charge in [-0.3, -0.25) is 0 Å². The van der Waals surface area contributed by atoms with Crippen LogP contribution in [-0.4, -0.2) is 0 Å². The van der Waals surface area contributed by atoms with Crippen LogP contribution in [0.2, 0.25) is 0 Å². The second-order valence-electron chi connectivity index (χ2n) is 5.32. The van der Waals surface area contributed by atoms with Crippen LogP contribution in [0.5, 0.6) is 0 Å². The topological polar surface area (TPSA) is 26.0 Å². The van der Waals surface area contributed by atoms with E-state index in [-0.39, 0.29) is 6.04 Å². The molecule has 3 rings (SSSR count). The smallest absolute Gasteiger partial charge is 0.0335 e. The molecule has 1 unspecified atom stereocenters. The van der Waals surface area contributed by atoms with E-state index in [1.165, 1.54) is 45.1 Å². The highest BCUT2D eigenvalue weighted by atomic mass is 127. The molecule has 19 heavy (non-hydrogen) atoms. The highest BCUT2D eigenvalue weighted by Crippen LogP contribution is 2.26. The molecule has 2 N–H and O–H groups in total. The zero-order valence-electron chi connectivity index (χ0n) is 10.9. The normalized spacial score (nSPS) is 15.3. The van der Waals surface area contributed by atoms with E-state index in [9.17, 15) is 0 Å². The number of hydrogen-bond donors (Lipinski definition) is 1. The van der Waals surface area contributed by atoms with E-state index in [4.69, 9.17) is 5.73 Å². The fourth-order valence-corrected chi connectivity index (χ4v) is 3.17. The highest BCUT2D eigenvalue weighted by molar-refractivity contribution is 14.1. The number of aryl methyl sites for hydroxylation is 2. The summed E-state index contributed by atoms with van der Waals surface area (Å²) < 4.78 is 1.27. The summed E-state index contributed by atoms with van der Waals surface area (Å²) in [5.74, 6) is 0. The van der Waals surface area contributed by atoms with Crippen LogP contribution >= 0.6 is 22.6 Å². The van der Waals surface area contributed by atoms with Crippen LogP contribution in [0.3, 0.4) is 0 Å². The van der Waals surface area contributed by atoms with Crippen molar-refractivity contribution < 1.29 is 0 Å². The molecule has 0 amide bonds. The van der Waals surface area contributed by atoms with E-state index in [1.807, 2.05) is 0 Å². The molecule has 0 bridgehead atoms. The summed E-state index contributed by atoms with van der Waals surface area (Å²) in [5.41, 5.74) is 12.0. The minimum Gasteiger partial charge on any atom is -0.324 e. The predicted molar refractivity (Wildman–Crippen MR) is 88.3 cm³/mol. The van der Waals surface area contributed by atoms with Gasteiger partial charge in [0.15, 0.2) is 0 Å². The van der Waals surface area contributed by atoms with Gasteiger partial charge >= 0.3 is 0 Å². The summed E-state index contributed by atoms with van der Waals surface area (Å²) in [4.78, 5) is 0. The number of fused-ring (bicyclic) bond motifs is 1. The number of nitrogens with two attached hydrogens (primary N) is 1. The SMILES string of the molecule is NC(Cc1ccc(I)cc1)c1ccc2c(c1)CCC2. The second-order valence-corrected chi connectivity index (χ2v) is 6.56. The van der Waals surface area contributed by atoms with E-state index in [0.29, 0.717) is 0 Å². The van der Waals surface area contributed by atoms with Crippen molar-refractivity contribution in [3.05, 3.63) is 68.3 Å². The zero-order valence-corrected chi connectivity index (χ0v) is 13.1. The molecule has 0 fully saturated rings. The van der Waals surface area contributed by atoms with Gasteiger partial charge in [0, 0.05) is 9.61 Å². The number of hydrogen-bond acceptors (Lipinski definition) is 1. The third kappa shape index (κ3) is 3.00. The molecule has 0 saturated carbocycles. The van der Waals surface area contributed by atoms with Gasteiger partial charge in [-0.25, -0.2) is 0 Å². The van der Waals surface area contributed by atoms with Gasteiger partial charge in [0.1, 0.15) is 0 Å². The summed E-state index contributed by atoms with van der Waals surface area (Å²) in [6.45, 7) is 0. The molecule has 1 nitrogen and oxygen atoms in total. The van der Waals surface area contributed by atoms with Crippen molar-refractivity contribution in [3.8, 4) is 0 Å². The minimum atomic E-state index is 0.103. The summed E-state index contributed by atoms with van der Waals surface area (Å²) >= 11 is 2.33. The van der Waals surface area contributed by atoms with Crippen molar-refractivity contribution in [1.82, 2.24) is 0 Å². The molecule has 2 heteroatoms. The van der Waals surface area contributed by atoms with Crippen molar-refractivity contribution in [2.45, 2.75) is 31.7 Å². The van der Waals surface area contributed by atoms with E-state index in [2.05, 4.69) is 65.1 Å². The molecule has 2 aromatic rings. The lowest BCUT2D eigenvalue weighted by Gasteiger charge is -2.14. The van der Waals surface area contributed by atoms with Crippen LogP contribution in [0.25, 0.3) is 0 Å². The van der Waals surface area contributed by atoms with E-state index in [0.717, 1.165) is 6.42 Å². The molecule has 98 valence electrons. The van der Waals surface area contributed by atoms with Gasteiger partial charge in [-0.05, 0) is 82.7 Å². The van der Waals surface area contributed by atoms with Crippen LogP contribution in [0.1, 0.15) is 34.7 Å². The van der Waals surface area contributed by atoms with Gasteiger partial charge in [0.2, 0.25) is 0 Å². The van der Waals surface area contributed by atoms with Crippen LogP contribution in [0.15, 0.2) is 42.5 Å². The quantitative estimate of drug-likeness (QED) is 0.819. The Hall–Kier alpha value is -0.870. The standard InChI is InChI=1S/C17H18IN/c18-16-8-4-12(5-9-16)10-17(19)15-7-6-13-2-1-3-14(13)11-15/h4-9,11,17H,1-3,10,19H2. The zero-order chi connectivity index (χ0) is 13.2. The fraction of sp³-hybridized carbons (Fsp3) is 0.294.